The highest BCUT2D eigenvalue weighted by molar-refractivity contribution is 6.04. The molecular weight excluding hydrogens is 552 g/mol. The van der Waals surface area contributed by atoms with Crippen LogP contribution in [0.25, 0.3) is 11.0 Å². The zero-order chi connectivity index (χ0) is 30.5. The Morgan fingerprint density at radius 1 is 0.932 bits per heavy atom. The minimum Gasteiger partial charge on any atom is -0.343 e. The molecule has 1 N–H and O–H groups in total. The quantitative estimate of drug-likeness (QED) is 0.300. The number of aromatic nitrogens is 2. The Morgan fingerprint density at radius 3 is 2.43 bits per heavy atom. The fraction of sp³-hybridized carbons (Fsp3) is 0.543. The number of hydrogen-bond donors (Lipinski definition) is 1. The standard InChI is InChI=1S/C35H46N6O3/c1-38(33(43)23-26-9-3-4-10-26)29-16-17-31-30(24-29)36-35(41(31)22-8-21-40-20-7-11-32(40)42)37-34(44)28-14-12-27(13-15-28)25-39-18-5-2-6-19-39/h12-17,24,26H,2-11,18-23,25H2,1H3,(H,36,37,44). The molecule has 3 fully saturated rings. The molecule has 9 nitrogen and oxygen atoms in total. The first kappa shape index (κ1) is 30.3. The lowest BCUT2D eigenvalue weighted by Crippen LogP contribution is -2.29. The minimum absolute atomic E-state index is 0.128. The van der Waals surface area contributed by atoms with Crippen molar-refractivity contribution >= 4 is 40.4 Å². The molecule has 3 amide bonds. The Morgan fingerprint density at radius 2 is 1.70 bits per heavy atom. The van der Waals surface area contributed by atoms with E-state index in [-0.39, 0.29) is 17.7 Å². The van der Waals surface area contributed by atoms with Gasteiger partial charge in [0.2, 0.25) is 17.8 Å². The van der Waals surface area contributed by atoms with Crippen molar-refractivity contribution in [2.24, 2.45) is 5.92 Å². The summed E-state index contributed by atoms with van der Waals surface area (Å²) in [5.74, 6) is 1.10. The zero-order valence-corrected chi connectivity index (χ0v) is 26.1. The predicted molar refractivity (Wildman–Crippen MR) is 174 cm³/mol. The molecule has 0 bridgehead atoms. The third kappa shape index (κ3) is 7.15. The van der Waals surface area contributed by atoms with E-state index in [0.717, 1.165) is 68.6 Å². The number of carbonyl (C=O) groups is 3. The number of carbonyl (C=O) groups excluding carboxylic acids is 3. The van der Waals surface area contributed by atoms with Crippen LogP contribution in [0.4, 0.5) is 11.6 Å². The van der Waals surface area contributed by atoms with Gasteiger partial charge in [-0.15, -0.1) is 0 Å². The molecule has 0 radical (unpaired) electrons. The molecule has 1 aromatic heterocycles. The van der Waals surface area contributed by atoms with Gasteiger partial charge in [-0.1, -0.05) is 31.4 Å². The molecule has 3 heterocycles. The lowest BCUT2D eigenvalue weighted by molar-refractivity contribution is -0.127. The van der Waals surface area contributed by atoms with E-state index < -0.39 is 0 Å². The zero-order valence-electron chi connectivity index (χ0n) is 26.1. The van der Waals surface area contributed by atoms with Gasteiger partial charge in [0.05, 0.1) is 11.0 Å². The average molecular weight is 599 g/mol. The topological polar surface area (TPSA) is 90.8 Å². The van der Waals surface area contributed by atoms with Crippen LogP contribution < -0.4 is 10.2 Å². The largest absolute Gasteiger partial charge is 0.343 e. The second kappa shape index (κ2) is 13.9. The van der Waals surface area contributed by atoms with Crippen molar-refractivity contribution < 1.29 is 14.4 Å². The number of likely N-dealkylation sites (tertiary alicyclic amines) is 2. The summed E-state index contributed by atoms with van der Waals surface area (Å²) in [7, 11) is 1.83. The molecule has 2 saturated heterocycles. The van der Waals surface area contributed by atoms with Crippen LogP contribution in [-0.4, -0.2) is 70.3 Å². The molecule has 2 aliphatic heterocycles. The van der Waals surface area contributed by atoms with E-state index in [1.165, 1.54) is 37.7 Å². The second-order valence-electron chi connectivity index (χ2n) is 12.9. The molecule has 0 unspecified atom stereocenters. The van der Waals surface area contributed by atoms with Crippen LogP contribution in [-0.2, 0) is 22.7 Å². The van der Waals surface area contributed by atoms with E-state index in [1.807, 2.05) is 59.0 Å². The van der Waals surface area contributed by atoms with Gasteiger partial charge in [0.15, 0.2) is 0 Å². The molecule has 9 heteroatoms. The van der Waals surface area contributed by atoms with Crippen molar-refractivity contribution in [2.45, 2.75) is 83.7 Å². The number of hydrogen-bond acceptors (Lipinski definition) is 5. The second-order valence-corrected chi connectivity index (χ2v) is 12.9. The lowest BCUT2D eigenvalue weighted by Gasteiger charge is -2.26. The smallest absolute Gasteiger partial charge is 0.257 e. The molecule has 2 aromatic carbocycles. The summed E-state index contributed by atoms with van der Waals surface area (Å²) >= 11 is 0. The van der Waals surface area contributed by atoms with Gasteiger partial charge < -0.3 is 14.4 Å². The number of piperidine rings is 1. The van der Waals surface area contributed by atoms with Crippen LogP contribution in [0.2, 0.25) is 0 Å². The Bertz CT molecular complexity index is 1470. The number of nitrogens with zero attached hydrogens (tertiary/aromatic N) is 5. The maximum absolute atomic E-state index is 13.4. The highest BCUT2D eigenvalue weighted by Gasteiger charge is 2.23. The monoisotopic (exact) mass is 598 g/mol. The van der Waals surface area contributed by atoms with Crippen molar-refractivity contribution in [1.29, 1.82) is 0 Å². The summed E-state index contributed by atoms with van der Waals surface area (Å²) in [4.78, 5) is 49.6. The van der Waals surface area contributed by atoms with E-state index in [0.29, 0.717) is 43.4 Å². The van der Waals surface area contributed by atoms with E-state index in [4.69, 9.17) is 4.98 Å². The van der Waals surface area contributed by atoms with Gasteiger partial charge in [0, 0.05) is 57.3 Å². The summed E-state index contributed by atoms with van der Waals surface area (Å²) in [6.45, 7) is 5.29. The molecule has 1 saturated carbocycles. The van der Waals surface area contributed by atoms with Gasteiger partial charge in [-0.25, -0.2) is 4.98 Å². The van der Waals surface area contributed by atoms with Gasteiger partial charge in [-0.2, -0.15) is 0 Å². The molecule has 44 heavy (non-hydrogen) atoms. The fourth-order valence-corrected chi connectivity index (χ4v) is 7.06. The highest BCUT2D eigenvalue weighted by Crippen LogP contribution is 2.30. The SMILES string of the molecule is CN(C(=O)CC1CCCC1)c1ccc2c(c1)nc(NC(=O)c1ccc(CN3CCCCC3)cc1)n2CCCN1CCCC1=O. The van der Waals surface area contributed by atoms with Gasteiger partial charge in [-0.3, -0.25) is 24.6 Å². The van der Waals surface area contributed by atoms with Crippen molar-refractivity contribution in [3.8, 4) is 0 Å². The normalized spacial score (nSPS) is 17.9. The van der Waals surface area contributed by atoms with Gasteiger partial charge in [-0.05, 0) is 93.4 Å². The Labute approximate surface area is 260 Å². The number of anilines is 2. The fourth-order valence-electron chi connectivity index (χ4n) is 7.06. The first-order valence-corrected chi connectivity index (χ1v) is 16.6. The maximum Gasteiger partial charge on any atom is 0.257 e. The highest BCUT2D eigenvalue weighted by atomic mass is 16.2. The molecule has 6 rings (SSSR count). The van der Waals surface area contributed by atoms with E-state index in [2.05, 4.69) is 10.2 Å². The summed E-state index contributed by atoms with van der Waals surface area (Å²) in [6, 6.07) is 13.8. The molecular formula is C35H46N6O3. The van der Waals surface area contributed by atoms with Crippen LogP contribution in [0, 0.1) is 5.92 Å². The molecule has 234 valence electrons. The van der Waals surface area contributed by atoms with Crippen molar-refractivity contribution in [1.82, 2.24) is 19.4 Å². The van der Waals surface area contributed by atoms with Gasteiger partial charge in [0.25, 0.3) is 5.91 Å². The first-order valence-electron chi connectivity index (χ1n) is 16.6. The van der Waals surface area contributed by atoms with Gasteiger partial charge in [0.1, 0.15) is 0 Å². The van der Waals surface area contributed by atoms with Crippen LogP contribution in [0.3, 0.4) is 0 Å². The Kier molecular flexibility index (Phi) is 9.60. The van der Waals surface area contributed by atoms with Crippen molar-refractivity contribution in [2.75, 3.05) is 43.4 Å². The Hall–Kier alpha value is -3.72. The summed E-state index contributed by atoms with van der Waals surface area (Å²) < 4.78 is 2.03. The molecule has 0 spiro atoms. The van der Waals surface area contributed by atoms with Crippen molar-refractivity contribution in [3.63, 3.8) is 0 Å². The number of imidazole rings is 1. The molecule has 1 aliphatic carbocycles. The summed E-state index contributed by atoms with van der Waals surface area (Å²) in [5, 5.41) is 3.07. The third-order valence-corrected chi connectivity index (χ3v) is 9.71. The predicted octanol–water partition coefficient (Wildman–Crippen LogP) is 5.83. The number of aryl methyl sites for hydroxylation is 1. The number of amides is 3. The molecule has 3 aliphatic rings. The van der Waals surface area contributed by atoms with E-state index >= 15 is 0 Å². The van der Waals surface area contributed by atoms with E-state index in [9.17, 15) is 14.4 Å². The number of rotatable bonds is 11. The van der Waals surface area contributed by atoms with E-state index in [1.54, 1.807) is 4.90 Å². The number of fused-ring (bicyclic) bond motifs is 1. The minimum atomic E-state index is -0.204. The third-order valence-electron chi connectivity index (χ3n) is 9.71. The lowest BCUT2D eigenvalue weighted by atomic mass is 10.0. The summed E-state index contributed by atoms with van der Waals surface area (Å²) in [6.07, 6.45) is 11.4. The molecule has 3 aromatic rings. The van der Waals surface area contributed by atoms with Crippen LogP contribution in [0.15, 0.2) is 42.5 Å². The Balaban J connectivity index is 1.19. The van der Waals surface area contributed by atoms with Crippen LogP contribution in [0.5, 0.6) is 0 Å². The molecule has 0 atom stereocenters. The maximum atomic E-state index is 13.4. The van der Waals surface area contributed by atoms with Crippen LogP contribution >= 0.6 is 0 Å². The number of benzene rings is 2. The average Bonchev–Trinajstić information content (AvgIpc) is 3.78. The summed E-state index contributed by atoms with van der Waals surface area (Å²) in [5.41, 5.74) is 4.23. The number of nitrogens with one attached hydrogen (secondary N) is 1. The first-order chi connectivity index (χ1) is 21.4. The van der Waals surface area contributed by atoms with Crippen molar-refractivity contribution in [3.05, 3.63) is 53.6 Å². The van der Waals surface area contributed by atoms with Gasteiger partial charge >= 0.3 is 0 Å². The van der Waals surface area contributed by atoms with Crippen LogP contribution in [0.1, 0.15) is 86.6 Å².